The molecule has 0 aromatic rings. The fourth-order valence-corrected chi connectivity index (χ4v) is 8.30. The van der Waals surface area contributed by atoms with Crippen LogP contribution in [0.5, 0.6) is 0 Å². The van der Waals surface area contributed by atoms with Gasteiger partial charge in [0.15, 0.2) is 10.9 Å². The number of cyclic esters (lactones) is 1. The van der Waals surface area contributed by atoms with E-state index >= 15 is 8.78 Å². The van der Waals surface area contributed by atoms with Crippen LogP contribution in [0.15, 0.2) is 11.8 Å². The van der Waals surface area contributed by atoms with Gasteiger partial charge in [-0.2, -0.15) is 0 Å². The SMILES string of the molecule is CCNC(=S)NC[C@H]1CN(C2CCC(N3CCN(C4CC5C(CC4F)C(=O)C(C(=O)O)=CN5C4CC4)CC3)C(F)C2)C(=O)O1. The minimum atomic E-state index is -1.24. The van der Waals surface area contributed by atoms with Crippen molar-refractivity contribution in [3.05, 3.63) is 11.8 Å². The molecular weight excluding hydrogens is 594 g/mol. The lowest BCUT2D eigenvalue weighted by Gasteiger charge is -2.51. The smallest absolute Gasteiger partial charge is 0.410 e. The van der Waals surface area contributed by atoms with Crippen LogP contribution in [-0.4, -0.2) is 142 Å². The second-order valence-electron chi connectivity index (χ2n) is 13.1. The summed E-state index contributed by atoms with van der Waals surface area (Å²) in [5.41, 5.74) is -0.226. The first kappa shape index (κ1) is 31.4. The maximum Gasteiger partial charge on any atom is 0.410 e. The standard InChI is InChI=1S/C30H44F2N6O5S/c1-2-33-29(44)34-14-19-15-38(30(42)43-19)18-5-6-24(22(31)11-18)35-7-9-36(10-8-35)26-13-25-20(12-23(26)32)27(39)21(28(40)41)16-37(25)17-3-4-17/h16-20,22-26H,2-15H2,1H3,(H,40,41)(H2,33,34,44)/t18?,19-,20?,22?,23?,24?,25?,26?/m0/s1. The van der Waals surface area contributed by atoms with Crippen molar-refractivity contribution in [2.24, 2.45) is 5.92 Å². The Hall–Kier alpha value is -2.58. The van der Waals surface area contributed by atoms with Gasteiger partial charge in [-0.15, -0.1) is 0 Å². The zero-order chi connectivity index (χ0) is 31.1. The Morgan fingerprint density at radius 2 is 1.61 bits per heavy atom. The number of Topliss-reactive ketones (excluding diaryl/α,β-unsaturated/α-hetero) is 1. The van der Waals surface area contributed by atoms with E-state index in [0.717, 1.165) is 12.8 Å². The van der Waals surface area contributed by atoms with E-state index < -0.39 is 36.1 Å². The highest BCUT2D eigenvalue weighted by Crippen LogP contribution is 2.43. The fraction of sp³-hybridized carbons (Fsp3) is 0.800. The molecule has 14 heteroatoms. The highest BCUT2D eigenvalue weighted by Gasteiger charge is 2.51. The second kappa shape index (κ2) is 13.0. The molecule has 11 nitrogen and oxygen atoms in total. The molecule has 0 radical (unpaired) electrons. The normalized spacial score (nSPS) is 36.8. The van der Waals surface area contributed by atoms with Crippen LogP contribution in [-0.2, 0) is 14.3 Å². The van der Waals surface area contributed by atoms with E-state index in [1.165, 1.54) is 6.20 Å². The number of halogens is 2. The Morgan fingerprint density at radius 3 is 2.25 bits per heavy atom. The summed E-state index contributed by atoms with van der Waals surface area (Å²) in [5.74, 6) is -2.31. The Balaban J connectivity index is 1.00. The summed E-state index contributed by atoms with van der Waals surface area (Å²) >= 11 is 5.18. The summed E-state index contributed by atoms with van der Waals surface area (Å²) in [5, 5.41) is 16.1. The number of fused-ring (bicyclic) bond motifs is 1. The molecule has 0 aromatic heterocycles. The van der Waals surface area contributed by atoms with Crippen molar-refractivity contribution in [1.29, 1.82) is 0 Å². The van der Waals surface area contributed by atoms with Gasteiger partial charge in [0.05, 0.1) is 13.1 Å². The van der Waals surface area contributed by atoms with Crippen molar-refractivity contribution >= 4 is 35.2 Å². The summed E-state index contributed by atoms with van der Waals surface area (Å²) in [7, 11) is 0. The fourth-order valence-electron chi connectivity index (χ4n) is 8.07. The largest absolute Gasteiger partial charge is 0.478 e. The predicted molar refractivity (Wildman–Crippen MR) is 162 cm³/mol. The van der Waals surface area contributed by atoms with E-state index in [9.17, 15) is 19.5 Å². The number of carbonyl (C=O) groups excluding carboxylic acids is 2. The first-order chi connectivity index (χ1) is 21.1. The quantitative estimate of drug-likeness (QED) is 0.266. The zero-order valence-corrected chi connectivity index (χ0v) is 26.0. The minimum absolute atomic E-state index is 0.0386. The van der Waals surface area contributed by atoms with Crippen molar-refractivity contribution in [3.63, 3.8) is 0 Å². The van der Waals surface area contributed by atoms with Gasteiger partial charge in [0, 0.05) is 81.5 Å². The Bertz CT molecular complexity index is 1170. The third-order valence-electron chi connectivity index (χ3n) is 10.5. The molecule has 0 spiro atoms. The van der Waals surface area contributed by atoms with E-state index in [-0.39, 0.29) is 54.7 Å². The third kappa shape index (κ3) is 6.39. The number of hydrogen-bond donors (Lipinski definition) is 3. The number of hydrogen-bond acceptors (Lipinski definition) is 8. The molecule has 0 bridgehead atoms. The molecule has 8 atom stereocenters. The lowest BCUT2D eigenvalue weighted by molar-refractivity contribution is -0.138. The van der Waals surface area contributed by atoms with Crippen LogP contribution in [0.4, 0.5) is 13.6 Å². The molecule has 7 unspecified atom stereocenters. The van der Waals surface area contributed by atoms with E-state index in [1.807, 2.05) is 11.8 Å². The number of nitrogens with zero attached hydrogens (tertiary/aromatic N) is 4. The zero-order valence-electron chi connectivity index (χ0n) is 25.2. The Morgan fingerprint density at radius 1 is 0.955 bits per heavy atom. The molecule has 3 N–H and O–H groups in total. The molecule has 3 heterocycles. The lowest BCUT2D eigenvalue weighted by atomic mass is 9.73. The number of ketones is 1. The summed E-state index contributed by atoms with van der Waals surface area (Å²) in [4.78, 5) is 45.2. The van der Waals surface area contributed by atoms with E-state index in [1.54, 1.807) is 4.90 Å². The molecule has 244 valence electrons. The number of amides is 1. The van der Waals surface area contributed by atoms with Gasteiger partial charge in [0.25, 0.3) is 0 Å². The average molecular weight is 639 g/mol. The van der Waals surface area contributed by atoms with Gasteiger partial charge >= 0.3 is 12.1 Å². The van der Waals surface area contributed by atoms with Gasteiger partial charge in [0.1, 0.15) is 24.0 Å². The van der Waals surface area contributed by atoms with Crippen LogP contribution in [0.1, 0.15) is 51.9 Å². The summed E-state index contributed by atoms with van der Waals surface area (Å²) < 4.78 is 36.8. The van der Waals surface area contributed by atoms with Gasteiger partial charge in [-0.3, -0.25) is 14.6 Å². The maximum atomic E-state index is 15.6. The number of rotatable bonds is 8. The summed E-state index contributed by atoms with van der Waals surface area (Å²) in [6, 6.07) is -0.747. The molecule has 5 fully saturated rings. The predicted octanol–water partition coefficient (Wildman–Crippen LogP) is 1.67. The number of alkyl halides is 2. The van der Waals surface area contributed by atoms with Crippen molar-refractivity contribution in [2.45, 2.75) is 101 Å². The van der Waals surface area contributed by atoms with Crippen LogP contribution < -0.4 is 10.6 Å². The van der Waals surface area contributed by atoms with Crippen LogP contribution >= 0.6 is 12.2 Å². The molecule has 44 heavy (non-hydrogen) atoms. The Labute approximate surface area is 262 Å². The first-order valence-corrected chi connectivity index (χ1v) is 16.6. The number of aliphatic carboxylic acids is 1. The molecule has 6 aliphatic rings. The number of carboxylic acid groups (broad SMARTS) is 1. The number of thiocarbonyl (C=S) groups is 1. The molecule has 3 aliphatic carbocycles. The van der Waals surface area contributed by atoms with E-state index in [4.69, 9.17) is 17.0 Å². The van der Waals surface area contributed by atoms with Crippen LogP contribution in [0, 0.1) is 5.92 Å². The van der Waals surface area contributed by atoms with Crippen molar-refractivity contribution in [3.8, 4) is 0 Å². The van der Waals surface area contributed by atoms with Crippen molar-refractivity contribution < 1.29 is 33.0 Å². The molecule has 3 aliphatic heterocycles. The van der Waals surface area contributed by atoms with E-state index in [0.29, 0.717) is 70.2 Å². The van der Waals surface area contributed by atoms with Crippen LogP contribution in [0.3, 0.4) is 0 Å². The highest BCUT2D eigenvalue weighted by atomic mass is 32.1. The number of nitrogens with one attached hydrogen (secondary N) is 2. The molecule has 3 saturated carbocycles. The minimum Gasteiger partial charge on any atom is -0.478 e. The first-order valence-electron chi connectivity index (χ1n) is 16.2. The van der Waals surface area contributed by atoms with Gasteiger partial charge in [-0.25, -0.2) is 18.4 Å². The van der Waals surface area contributed by atoms with Crippen molar-refractivity contribution in [2.75, 3.05) is 45.8 Å². The van der Waals surface area contributed by atoms with Gasteiger partial charge < -0.3 is 30.3 Å². The van der Waals surface area contributed by atoms with Crippen molar-refractivity contribution in [1.82, 2.24) is 30.2 Å². The van der Waals surface area contributed by atoms with Crippen LogP contribution in [0.25, 0.3) is 0 Å². The number of piperazine rings is 1. The molecule has 2 saturated heterocycles. The summed E-state index contributed by atoms with van der Waals surface area (Å²) in [6.07, 6.45) is 2.51. The van der Waals surface area contributed by atoms with Gasteiger partial charge in [0.2, 0.25) is 0 Å². The van der Waals surface area contributed by atoms with Gasteiger partial charge in [-0.05, 0) is 57.7 Å². The molecule has 0 aromatic carbocycles. The topological polar surface area (TPSA) is 118 Å². The second-order valence-corrected chi connectivity index (χ2v) is 13.5. The Kier molecular flexibility index (Phi) is 9.30. The van der Waals surface area contributed by atoms with Gasteiger partial charge in [-0.1, -0.05) is 0 Å². The maximum absolute atomic E-state index is 15.6. The van der Waals surface area contributed by atoms with Crippen LogP contribution in [0.2, 0.25) is 0 Å². The number of carbonyl (C=O) groups is 3. The average Bonchev–Trinajstić information content (AvgIpc) is 3.77. The molecule has 1 amide bonds. The summed E-state index contributed by atoms with van der Waals surface area (Å²) in [6.45, 7) is 5.96. The third-order valence-corrected chi connectivity index (χ3v) is 10.8. The molecule has 6 rings (SSSR count). The lowest BCUT2D eigenvalue weighted by Crippen LogP contribution is -2.62. The number of carboxylic acids is 1. The molecular formula is C30H44F2N6O5S. The van der Waals surface area contributed by atoms with E-state index in [2.05, 4.69) is 20.4 Å². The monoisotopic (exact) mass is 638 g/mol. The number of ether oxygens (including phenoxy) is 1. The highest BCUT2D eigenvalue weighted by molar-refractivity contribution is 7.80.